The number of aromatic nitrogens is 8. The van der Waals surface area contributed by atoms with Crippen LogP contribution in [-0.2, 0) is 23.1 Å². The summed E-state index contributed by atoms with van der Waals surface area (Å²) in [5.41, 5.74) is 5.78. The smallest absolute Gasteiger partial charge is 0.394 e. The predicted molar refractivity (Wildman–Crippen MR) is 135 cm³/mol. The minimum atomic E-state index is -4.90. The fourth-order valence-corrected chi connectivity index (χ4v) is 5.94. The number of fused-ring (bicyclic) bond motifs is 2. The second-order valence-electron chi connectivity index (χ2n) is 9.59. The molecule has 1 unspecified atom stereocenters. The van der Waals surface area contributed by atoms with Crippen LogP contribution in [0.3, 0.4) is 0 Å². The minimum absolute atomic E-state index is 0.101. The topological polar surface area (TPSA) is 288 Å². The Balaban J connectivity index is 1.13. The van der Waals surface area contributed by atoms with E-state index in [1.54, 1.807) is 0 Å². The lowest BCUT2D eigenvalue weighted by atomic mass is 10.1. The first-order valence-corrected chi connectivity index (χ1v) is 14.0. The second-order valence-corrected chi connectivity index (χ2v) is 11.0. The molecule has 6 heterocycles. The number of aliphatic hydroxyl groups excluding tert-OH is 4. The van der Waals surface area contributed by atoms with Gasteiger partial charge in [0.1, 0.15) is 54.8 Å². The molecule has 21 heteroatoms. The lowest BCUT2D eigenvalue weighted by molar-refractivity contribution is -0.0421. The normalized spacial score (nSPS) is 31.3. The maximum absolute atomic E-state index is 12.9. The number of nitrogens with two attached hydrogens (primary N) is 1. The molecule has 0 aliphatic carbocycles. The van der Waals surface area contributed by atoms with Gasteiger partial charge in [-0.3, -0.25) is 18.4 Å². The SMILES string of the molecule is Nc1ncnc2c1ncn2[C@@H]1O[C@H](CCOP(=O)(O)O[C@@H]2[C@H](O)[C@@H](CO)O[C@H]2c2cnc3c(=O)[nH]cnn23)[C@@H](O)[C@H]1O. The summed E-state index contributed by atoms with van der Waals surface area (Å²) in [4.78, 5) is 40.9. The lowest BCUT2D eigenvalue weighted by Crippen LogP contribution is -2.34. The largest absolute Gasteiger partial charge is 0.472 e. The van der Waals surface area contributed by atoms with Crippen molar-refractivity contribution in [2.45, 2.75) is 55.4 Å². The summed E-state index contributed by atoms with van der Waals surface area (Å²) in [5, 5.41) is 45.4. The molecule has 0 amide bonds. The highest BCUT2D eigenvalue weighted by Crippen LogP contribution is 2.50. The minimum Gasteiger partial charge on any atom is -0.394 e. The third-order valence-electron chi connectivity index (χ3n) is 7.06. The zero-order valence-electron chi connectivity index (χ0n) is 21.4. The molecule has 0 radical (unpaired) electrons. The first-order chi connectivity index (χ1) is 20.1. The molecule has 226 valence electrons. The van der Waals surface area contributed by atoms with E-state index in [1.807, 2.05) is 0 Å². The Kier molecular flexibility index (Phi) is 7.51. The van der Waals surface area contributed by atoms with E-state index in [4.69, 9.17) is 24.3 Å². The molecule has 2 saturated heterocycles. The van der Waals surface area contributed by atoms with Crippen molar-refractivity contribution < 1.29 is 48.4 Å². The highest BCUT2D eigenvalue weighted by atomic mass is 31.2. The van der Waals surface area contributed by atoms with Crippen molar-refractivity contribution in [2.24, 2.45) is 0 Å². The van der Waals surface area contributed by atoms with Gasteiger partial charge in [0.2, 0.25) is 5.65 Å². The van der Waals surface area contributed by atoms with E-state index >= 15 is 0 Å². The summed E-state index contributed by atoms with van der Waals surface area (Å²) in [6.45, 7) is -1.12. The third kappa shape index (κ3) is 4.96. The molecule has 2 fully saturated rings. The Morgan fingerprint density at radius 1 is 1.07 bits per heavy atom. The first kappa shape index (κ1) is 28.7. The first-order valence-electron chi connectivity index (χ1n) is 12.6. The Morgan fingerprint density at radius 2 is 1.88 bits per heavy atom. The molecular weight excluding hydrogens is 585 g/mol. The summed E-state index contributed by atoms with van der Waals surface area (Å²) in [6, 6.07) is 0. The van der Waals surface area contributed by atoms with Gasteiger partial charge in [-0.1, -0.05) is 0 Å². The number of hydrogen-bond acceptors (Lipinski definition) is 16. The van der Waals surface area contributed by atoms with Crippen molar-refractivity contribution in [3.05, 3.63) is 41.2 Å². The number of ether oxygens (including phenoxy) is 2. The maximum Gasteiger partial charge on any atom is 0.472 e. The Hall–Kier alpha value is -3.43. The van der Waals surface area contributed by atoms with Gasteiger partial charge in [-0.25, -0.2) is 29.0 Å². The van der Waals surface area contributed by atoms with Crippen molar-refractivity contribution in [1.29, 1.82) is 0 Å². The van der Waals surface area contributed by atoms with Gasteiger partial charge in [0, 0.05) is 6.42 Å². The highest BCUT2D eigenvalue weighted by Gasteiger charge is 2.50. The molecular formula is C21H26N9O11P. The standard InChI is InChI=1S/C21H26N9O11P/c22-17-11-18(25-5-24-17)29(7-27-11)21-14(34)12(32)9(40-21)1-2-38-42(36,37)41-16-13(33)10(4-31)39-15(16)8-3-23-19-20(35)26-6-28-30(8)19/h3,5-7,9-10,12-16,21,31-34H,1-2,4H2,(H,36,37)(H2,22,24,25)(H,26,28,35)/t9-,10-,12-,13-,14-,15+,16-,21-/m1/s1. The Labute approximate surface area is 233 Å². The van der Waals surface area contributed by atoms with Crippen molar-refractivity contribution in [3.8, 4) is 0 Å². The zero-order chi connectivity index (χ0) is 29.8. The van der Waals surface area contributed by atoms with E-state index in [0.29, 0.717) is 0 Å². The van der Waals surface area contributed by atoms with Gasteiger partial charge in [-0.15, -0.1) is 0 Å². The van der Waals surface area contributed by atoms with Crippen LogP contribution >= 0.6 is 7.82 Å². The molecule has 0 bridgehead atoms. The van der Waals surface area contributed by atoms with E-state index in [1.165, 1.54) is 23.4 Å². The average molecular weight is 611 g/mol. The summed E-state index contributed by atoms with van der Waals surface area (Å²) in [5.74, 6) is 0.118. The van der Waals surface area contributed by atoms with Crippen LogP contribution in [0.2, 0.25) is 0 Å². The molecule has 4 aromatic rings. The van der Waals surface area contributed by atoms with E-state index < -0.39 is 75.6 Å². The number of anilines is 1. The summed E-state index contributed by atoms with van der Waals surface area (Å²) in [6.07, 6.45) is -5.83. The number of aromatic amines is 1. The number of rotatable bonds is 9. The molecule has 0 saturated carbocycles. The maximum atomic E-state index is 12.9. The third-order valence-corrected chi connectivity index (χ3v) is 8.07. The van der Waals surface area contributed by atoms with Crippen molar-refractivity contribution in [1.82, 2.24) is 39.1 Å². The fourth-order valence-electron chi connectivity index (χ4n) is 5.00. The number of phosphoric acid groups is 1. The van der Waals surface area contributed by atoms with E-state index in [2.05, 4.69) is 30.0 Å². The average Bonchev–Trinajstić information content (AvgIpc) is 3.71. The van der Waals surface area contributed by atoms with Crippen LogP contribution in [0.15, 0.2) is 30.0 Å². The van der Waals surface area contributed by atoms with Crippen LogP contribution in [0.25, 0.3) is 16.8 Å². The van der Waals surface area contributed by atoms with Gasteiger partial charge in [-0.2, -0.15) is 5.10 Å². The van der Waals surface area contributed by atoms with Crippen molar-refractivity contribution in [3.63, 3.8) is 0 Å². The fraction of sp³-hybridized carbons (Fsp3) is 0.524. The zero-order valence-corrected chi connectivity index (χ0v) is 22.3. The van der Waals surface area contributed by atoms with Gasteiger partial charge >= 0.3 is 7.82 Å². The van der Waals surface area contributed by atoms with Crippen LogP contribution in [-0.4, -0.2) is 114 Å². The van der Waals surface area contributed by atoms with Gasteiger partial charge in [0.05, 0.1) is 37.5 Å². The molecule has 42 heavy (non-hydrogen) atoms. The molecule has 2 aliphatic heterocycles. The number of nitrogen functional groups attached to an aromatic ring is 1. The summed E-state index contributed by atoms with van der Waals surface area (Å²) >= 11 is 0. The van der Waals surface area contributed by atoms with Crippen LogP contribution in [0.4, 0.5) is 5.82 Å². The molecule has 0 aromatic carbocycles. The quantitative estimate of drug-likeness (QED) is 0.0937. The van der Waals surface area contributed by atoms with Crippen LogP contribution in [0, 0.1) is 0 Å². The number of nitrogens with one attached hydrogen (secondary N) is 1. The van der Waals surface area contributed by atoms with Crippen LogP contribution in [0.5, 0.6) is 0 Å². The number of imidazole rings is 2. The Morgan fingerprint density at radius 3 is 2.67 bits per heavy atom. The van der Waals surface area contributed by atoms with Gasteiger partial charge in [-0.05, 0) is 0 Å². The van der Waals surface area contributed by atoms with Crippen molar-refractivity contribution in [2.75, 3.05) is 18.9 Å². The van der Waals surface area contributed by atoms with Gasteiger partial charge in [0.25, 0.3) is 5.56 Å². The highest BCUT2D eigenvalue weighted by molar-refractivity contribution is 7.47. The molecule has 6 rings (SSSR count). The second kappa shape index (κ2) is 11.0. The van der Waals surface area contributed by atoms with Gasteiger partial charge < -0.3 is 45.5 Å². The van der Waals surface area contributed by atoms with Crippen LogP contribution in [0.1, 0.15) is 24.4 Å². The molecule has 9 atom stereocenters. The van der Waals surface area contributed by atoms with E-state index in [9.17, 15) is 34.7 Å². The molecule has 2 aliphatic rings. The molecule has 0 spiro atoms. The van der Waals surface area contributed by atoms with Crippen molar-refractivity contribution >= 4 is 30.5 Å². The van der Waals surface area contributed by atoms with Gasteiger partial charge in [0.15, 0.2) is 17.7 Å². The Bertz CT molecular complexity index is 1700. The number of nitrogens with zero attached hydrogens (tertiary/aromatic N) is 7. The van der Waals surface area contributed by atoms with Crippen LogP contribution < -0.4 is 11.3 Å². The number of phosphoric ester groups is 1. The summed E-state index contributed by atoms with van der Waals surface area (Å²) < 4.78 is 37.1. The van der Waals surface area contributed by atoms with E-state index in [-0.39, 0.29) is 34.7 Å². The number of H-pyrrole nitrogens is 1. The number of aliphatic hydroxyl groups is 4. The van der Waals surface area contributed by atoms with E-state index in [0.717, 1.165) is 10.8 Å². The predicted octanol–water partition coefficient (Wildman–Crippen LogP) is -2.86. The lowest BCUT2D eigenvalue weighted by Gasteiger charge is -2.23. The monoisotopic (exact) mass is 611 g/mol. The molecule has 8 N–H and O–H groups in total. The molecule has 20 nitrogen and oxygen atoms in total. The molecule has 4 aromatic heterocycles. The number of hydrogen-bond donors (Lipinski definition) is 7. The summed E-state index contributed by atoms with van der Waals surface area (Å²) in [7, 11) is -4.90.